The van der Waals surface area contributed by atoms with Crippen molar-refractivity contribution < 1.29 is 52.0 Å². The van der Waals surface area contributed by atoms with Crippen molar-refractivity contribution in [3.8, 4) is 0 Å². The molecule has 0 aromatic carbocycles. The fourth-order valence-electron chi connectivity index (χ4n) is 8.03. The summed E-state index contributed by atoms with van der Waals surface area (Å²) in [5, 5.41) is 11.5. The van der Waals surface area contributed by atoms with E-state index in [0.717, 1.165) is 13.2 Å². The van der Waals surface area contributed by atoms with Crippen LogP contribution in [0.1, 0.15) is 53.4 Å². The first-order valence-electron chi connectivity index (χ1n) is 13.3. The van der Waals surface area contributed by atoms with E-state index < -0.39 is 82.6 Å². The Balaban J connectivity index is 1.81. The molecular weight excluding hydrogens is 518 g/mol. The van der Waals surface area contributed by atoms with Crippen LogP contribution in [0.3, 0.4) is 0 Å². The lowest BCUT2D eigenvalue weighted by Crippen LogP contribution is -2.71. The smallest absolute Gasteiger partial charge is 0.438 e. The van der Waals surface area contributed by atoms with Gasteiger partial charge in [0.2, 0.25) is 5.78 Å². The van der Waals surface area contributed by atoms with Gasteiger partial charge in [-0.3, -0.25) is 9.59 Å². The SMILES string of the molecule is CCCOC(=O)O[C@]1(C(=O)COC(=O)OC)[C@H](C)C[C@H]2[C@@H]3C[C@H](F)C4=CC(=O)C=C[C@]4(C)[C@@]3(F)[C@@H](O)C[C@@]21C. The van der Waals surface area contributed by atoms with E-state index in [1.165, 1.54) is 19.1 Å². The highest BCUT2D eigenvalue weighted by Gasteiger charge is 2.78. The molecule has 0 aromatic heterocycles. The first-order chi connectivity index (χ1) is 18.2. The van der Waals surface area contributed by atoms with Crippen LogP contribution in [-0.4, -0.2) is 72.9 Å². The topological polar surface area (TPSA) is 125 Å². The van der Waals surface area contributed by atoms with E-state index in [-0.39, 0.29) is 31.4 Å². The summed E-state index contributed by atoms with van der Waals surface area (Å²) in [6, 6.07) is 0. The first kappa shape index (κ1) is 29.2. The van der Waals surface area contributed by atoms with Gasteiger partial charge in [-0.25, -0.2) is 18.4 Å². The standard InChI is InChI=1S/C28H36F2O9/c1-6-9-37-24(35)39-28(22(33)14-38-23(34)36-5)15(2)10-17-18-12-20(29)19-11-16(31)7-8-25(19,3)27(18,30)21(32)13-26(17,28)4/h7-8,11,15,17-18,20-21,32H,6,9-10,12-14H2,1-5H3/t15-,17+,18+,20+,21+,25+,26+,27+,28+/m1/s1. The summed E-state index contributed by atoms with van der Waals surface area (Å²) in [5.41, 5.74) is -7.33. The lowest BCUT2D eigenvalue weighted by molar-refractivity contribution is -0.226. The van der Waals surface area contributed by atoms with E-state index in [1.54, 1.807) is 20.8 Å². The van der Waals surface area contributed by atoms with Crippen LogP contribution in [-0.2, 0) is 28.5 Å². The third-order valence-corrected chi connectivity index (χ3v) is 9.74. The fourth-order valence-corrected chi connectivity index (χ4v) is 8.03. The van der Waals surface area contributed by atoms with Gasteiger partial charge in [-0.15, -0.1) is 0 Å². The van der Waals surface area contributed by atoms with Crippen LogP contribution in [0.2, 0.25) is 0 Å². The normalized spacial score (nSPS) is 42.4. The molecule has 4 aliphatic carbocycles. The van der Waals surface area contributed by atoms with E-state index in [2.05, 4.69) is 4.74 Å². The van der Waals surface area contributed by atoms with Gasteiger partial charge in [-0.1, -0.05) is 26.8 Å². The third-order valence-electron chi connectivity index (χ3n) is 9.74. The first-order valence-corrected chi connectivity index (χ1v) is 13.3. The van der Waals surface area contributed by atoms with E-state index in [4.69, 9.17) is 14.2 Å². The molecule has 0 unspecified atom stereocenters. The van der Waals surface area contributed by atoms with Gasteiger partial charge in [0.25, 0.3) is 0 Å². The molecule has 216 valence electrons. The summed E-state index contributed by atoms with van der Waals surface area (Å²) in [6.07, 6.45) is -2.00. The van der Waals surface area contributed by atoms with Gasteiger partial charge in [0.15, 0.2) is 23.7 Å². The number of Topliss-reactive ketones (excluding diaryl/α,β-unsaturated/α-hetero) is 1. The average Bonchev–Trinajstić information content (AvgIpc) is 3.10. The van der Waals surface area contributed by atoms with Crippen LogP contribution in [0.5, 0.6) is 0 Å². The number of rotatable bonds is 6. The van der Waals surface area contributed by atoms with Gasteiger partial charge < -0.3 is 24.1 Å². The predicted octanol–water partition coefficient (Wildman–Crippen LogP) is 4.21. The minimum atomic E-state index is -2.37. The molecule has 3 saturated carbocycles. The molecule has 0 aromatic rings. The number of allylic oxidation sites excluding steroid dienone is 4. The van der Waals surface area contributed by atoms with Crippen LogP contribution in [0.4, 0.5) is 18.4 Å². The number of ether oxygens (including phenoxy) is 4. The van der Waals surface area contributed by atoms with E-state index >= 15 is 8.78 Å². The van der Waals surface area contributed by atoms with Crippen LogP contribution in [0.25, 0.3) is 0 Å². The van der Waals surface area contributed by atoms with Gasteiger partial charge in [-0.2, -0.15) is 0 Å². The minimum absolute atomic E-state index is 0.0179. The highest BCUT2D eigenvalue weighted by Crippen LogP contribution is 2.71. The monoisotopic (exact) mass is 554 g/mol. The number of ketones is 2. The van der Waals surface area contributed by atoms with E-state index in [0.29, 0.717) is 6.42 Å². The molecule has 0 saturated heterocycles. The van der Waals surface area contributed by atoms with Gasteiger partial charge >= 0.3 is 12.3 Å². The fraction of sp³-hybridized carbons (Fsp3) is 0.714. The Hall–Kier alpha value is -2.82. The van der Waals surface area contributed by atoms with Crippen molar-refractivity contribution in [1.29, 1.82) is 0 Å². The Morgan fingerprint density at radius 2 is 1.82 bits per heavy atom. The van der Waals surface area contributed by atoms with Crippen molar-refractivity contribution in [3.05, 3.63) is 23.8 Å². The number of methoxy groups -OCH3 is 1. The molecule has 0 bridgehead atoms. The van der Waals surface area contributed by atoms with Gasteiger partial charge in [0.1, 0.15) is 6.17 Å². The zero-order chi connectivity index (χ0) is 29.0. The molecule has 11 heteroatoms. The largest absolute Gasteiger partial charge is 0.509 e. The Bertz CT molecular complexity index is 1120. The second kappa shape index (κ2) is 9.98. The number of halogens is 2. The number of aliphatic hydroxyl groups excluding tert-OH is 1. The number of carbonyl (C=O) groups excluding carboxylic acids is 4. The highest BCUT2D eigenvalue weighted by atomic mass is 19.1. The van der Waals surface area contributed by atoms with Gasteiger partial charge in [0, 0.05) is 22.7 Å². The number of fused-ring (bicyclic) bond motifs is 5. The maximum absolute atomic E-state index is 17.4. The summed E-state index contributed by atoms with van der Waals surface area (Å²) in [7, 11) is 1.07. The zero-order valence-electron chi connectivity index (χ0n) is 22.8. The predicted molar refractivity (Wildman–Crippen MR) is 132 cm³/mol. The van der Waals surface area contributed by atoms with Crippen molar-refractivity contribution in [2.45, 2.75) is 76.9 Å². The molecule has 3 fully saturated rings. The Morgan fingerprint density at radius 1 is 1.13 bits per heavy atom. The molecule has 39 heavy (non-hydrogen) atoms. The van der Waals surface area contributed by atoms with Crippen molar-refractivity contribution in [1.82, 2.24) is 0 Å². The maximum Gasteiger partial charge on any atom is 0.509 e. The second-order valence-electron chi connectivity index (χ2n) is 11.6. The molecule has 4 aliphatic rings. The number of hydrogen-bond acceptors (Lipinski definition) is 9. The molecule has 9 nitrogen and oxygen atoms in total. The van der Waals surface area contributed by atoms with Crippen molar-refractivity contribution in [3.63, 3.8) is 0 Å². The molecule has 0 spiro atoms. The number of alkyl halides is 2. The minimum Gasteiger partial charge on any atom is -0.438 e. The summed E-state index contributed by atoms with van der Waals surface area (Å²) < 4.78 is 53.4. The Labute approximate surface area is 225 Å². The van der Waals surface area contributed by atoms with Crippen LogP contribution in [0.15, 0.2) is 23.8 Å². The van der Waals surface area contributed by atoms with Gasteiger partial charge in [0.05, 0.1) is 19.8 Å². The molecule has 0 amide bonds. The summed E-state index contributed by atoms with van der Waals surface area (Å²) >= 11 is 0. The van der Waals surface area contributed by atoms with E-state index in [9.17, 15) is 24.3 Å². The highest BCUT2D eigenvalue weighted by molar-refractivity contribution is 6.01. The molecule has 0 aliphatic heterocycles. The van der Waals surface area contributed by atoms with Crippen LogP contribution >= 0.6 is 0 Å². The number of aliphatic hydroxyl groups is 1. The molecule has 0 radical (unpaired) electrons. The molecular formula is C28H36F2O9. The van der Waals surface area contributed by atoms with Crippen molar-refractivity contribution >= 4 is 23.9 Å². The van der Waals surface area contributed by atoms with Crippen molar-refractivity contribution in [2.24, 2.45) is 28.6 Å². The second-order valence-corrected chi connectivity index (χ2v) is 11.6. The summed E-state index contributed by atoms with van der Waals surface area (Å²) in [6.45, 7) is 5.75. The van der Waals surface area contributed by atoms with Crippen LogP contribution < -0.4 is 0 Å². The molecule has 4 rings (SSSR count). The summed E-state index contributed by atoms with van der Waals surface area (Å²) in [5.74, 6) is -3.76. The molecule has 0 heterocycles. The van der Waals surface area contributed by atoms with Crippen molar-refractivity contribution in [2.75, 3.05) is 20.3 Å². The number of hydrogen-bond donors (Lipinski definition) is 1. The quantitative estimate of drug-likeness (QED) is 0.481. The molecule has 9 atom stereocenters. The van der Waals surface area contributed by atoms with Gasteiger partial charge in [-0.05, 0) is 56.3 Å². The molecule has 1 N–H and O–H groups in total. The lowest BCUT2D eigenvalue weighted by Gasteiger charge is -2.63. The Morgan fingerprint density at radius 3 is 2.46 bits per heavy atom. The van der Waals surface area contributed by atoms with E-state index in [1.807, 2.05) is 0 Å². The van der Waals surface area contributed by atoms with Crippen LogP contribution in [0, 0.1) is 28.6 Å². The Kier molecular flexibility index (Phi) is 7.46. The maximum atomic E-state index is 17.4. The summed E-state index contributed by atoms with van der Waals surface area (Å²) in [4.78, 5) is 50.3. The zero-order valence-corrected chi connectivity index (χ0v) is 22.8. The third kappa shape index (κ3) is 4.02. The number of carbonyl (C=O) groups is 4. The average molecular weight is 555 g/mol. The lowest BCUT2D eigenvalue weighted by atomic mass is 9.44.